The van der Waals surface area contributed by atoms with E-state index in [4.69, 9.17) is 10.8 Å². The molecule has 6 nitrogen and oxygen atoms in total. The Labute approximate surface area is 81.5 Å². The van der Waals surface area contributed by atoms with Crippen LogP contribution in [0.1, 0.15) is 19.8 Å². The summed E-state index contributed by atoms with van der Waals surface area (Å²) in [6.07, 6.45) is 1.61. The second-order valence-electron chi connectivity index (χ2n) is 2.89. The molecule has 0 aliphatic carbocycles. The van der Waals surface area contributed by atoms with Gasteiger partial charge in [-0.15, -0.1) is 0 Å². The van der Waals surface area contributed by atoms with E-state index in [0.717, 1.165) is 0 Å². The zero-order chi connectivity index (χ0) is 11.1. The third-order valence-electron chi connectivity index (χ3n) is 1.55. The van der Waals surface area contributed by atoms with E-state index in [1.54, 1.807) is 6.29 Å². The summed E-state index contributed by atoms with van der Waals surface area (Å²) >= 11 is 0. The number of hydrogen-bond acceptors (Lipinski definition) is 4. The second-order valence-corrected chi connectivity index (χ2v) is 2.89. The number of carbonyl (C=O) groups excluding carboxylic acids is 2. The van der Waals surface area contributed by atoms with Gasteiger partial charge in [0.25, 0.3) is 0 Å². The number of nitrogens with one attached hydrogen (secondary N) is 1. The number of carbonyl (C=O) groups is 2. The molecule has 0 saturated heterocycles. The number of carboxylic acids is 1. The zero-order valence-electron chi connectivity index (χ0n) is 7.82. The molecule has 1 amide bonds. The van der Waals surface area contributed by atoms with Gasteiger partial charge in [0, 0.05) is 6.42 Å². The Morgan fingerprint density at radius 1 is 1.57 bits per heavy atom. The summed E-state index contributed by atoms with van der Waals surface area (Å²) in [7, 11) is 0. The van der Waals surface area contributed by atoms with Crippen LogP contribution in [0.4, 0.5) is 0 Å². The Hall–Kier alpha value is -1.43. The molecule has 0 bridgehead atoms. The van der Waals surface area contributed by atoms with Crippen LogP contribution in [0.15, 0.2) is 0 Å². The van der Waals surface area contributed by atoms with Crippen LogP contribution in [0.5, 0.6) is 0 Å². The van der Waals surface area contributed by atoms with Gasteiger partial charge in [-0.05, 0) is 13.3 Å². The highest BCUT2D eigenvalue weighted by atomic mass is 16.4. The molecule has 0 spiro atoms. The number of rotatable bonds is 6. The highest BCUT2D eigenvalue weighted by Gasteiger charge is 2.14. The van der Waals surface area contributed by atoms with Gasteiger partial charge in [-0.2, -0.15) is 0 Å². The first-order valence-corrected chi connectivity index (χ1v) is 4.12. The van der Waals surface area contributed by atoms with E-state index in [1.807, 2.05) is 0 Å². The number of hydrogen-bond donors (Lipinski definition) is 3. The molecule has 2 atom stereocenters. The van der Waals surface area contributed by atoms with Crippen LogP contribution in [0.25, 0.3) is 0 Å². The maximum atomic E-state index is 11.0. The molecule has 0 fully saturated rings. The lowest BCUT2D eigenvalue weighted by Gasteiger charge is -2.08. The van der Waals surface area contributed by atoms with Gasteiger partial charge in [0.05, 0.1) is 6.04 Å². The topological polar surface area (TPSA) is 109 Å². The van der Waals surface area contributed by atoms with Crippen LogP contribution in [0.2, 0.25) is 0 Å². The normalized spacial score (nSPS) is 14.1. The summed E-state index contributed by atoms with van der Waals surface area (Å²) < 4.78 is 0. The molecule has 6 heteroatoms. The average Bonchev–Trinajstić information content (AvgIpc) is 2.13. The smallest absolute Gasteiger partial charge is 0.320 e. The first-order chi connectivity index (χ1) is 6.47. The van der Waals surface area contributed by atoms with Gasteiger partial charge in [-0.3, -0.25) is 14.4 Å². The Morgan fingerprint density at radius 3 is 2.57 bits per heavy atom. The molecule has 1 radical (unpaired) electrons. The monoisotopic (exact) mass is 201 g/mol. The lowest BCUT2D eigenvalue weighted by molar-refractivity contribution is -0.138. The van der Waals surface area contributed by atoms with E-state index in [0.29, 0.717) is 0 Å². The van der Waals surface area contributed by atoms with E-state index in [9.17, 15) is 14.4 Å². The molecule has 0 aliphatic rings. The highest BCUT2D eigenvalue weighted by Crippen LogP contribution is 1.95. The molecule has 0 aromatic rings. The van der Waals surface area contributed by atoms with Crippen molar-refractivity contribution < 1.29 is 19.5 Å². The van der Waals surface area contributed by atoms with Crippen molar-refractivity contribution in [2.45, 2.75) is 31.8 Å². The lowest BCUT2D eigenvalue weighted by Crippen LogP contribution is -2.36. The summed E-state index contributed by atoms with van der Waals surface area (Å²) in [5.41, 5.74) is 5.17. The van der Waals surface area contributed by atoms with Crippen molar-refractivity contribution in [1.29, 1.82) is 0 Å². The summed E-state index contributed by atoms with van der Waals surface area (Å²) in [4.78, 5) is 31.3. The van der Waals surface area contributed by atoms with Crippen LogP contribution in [0.3, 0.4) is 0 Å². The third-order valence-corrected chi connectivity index (χ3v) is 1.55. The van der Waals surface area contributed by atoms with Crippen molar-refractivity contribution in [3.05, 3.63) is 0 Å². The SMILES string of the molecule is C[C@H]([C]=O)NC(=O)CC[C@H](N)C(=O)O. The average molecular weight is 201 g/mol. The Kier molecular flexibility index (Phi) is 5.47. The fourth-order valence-corrected chi connectivity index (χ4v) is 0.753. The van der Waals surface area contributed by atoms with Gasteiger partial charge in [0.1, 0.15) is 6.04 Å². The summed E-state index contributed by atoms with van der Waals surface area (Å²) in [6, 6.07) is -1.72. The van der Waals surface area contributed by atoms with Crippen molar-refractivity contribution in [3.63, 3.8) is 0 Å². The summed E-state index contributed by atoms with van der Waals surface area (Å²) in [6.45, 7) is 1.47. The first-order valence-electron chi connectivity index (χ1n) is 4.12. The summed E-state index contributed by atoms with van der Waals surface area (Å²) in [5, 5.41) is 10.7. The zero-order valence-corrected chi connectivity index (χ0v) is 7.82. The van der Waals surface area contributed by atoms with Gasteiger partial charge in [-0.1, -0.05) is 0 Å². The number of carboxylic acid groups (broad SMARTS) is 1. The fourth-order valence-electron chi connectivity index (χ4n) is 0.753. The molecule has 0 aromatic heterocycles. The van der Waals surface area contributed by atoms with Crippen LogP contribution < -0.4 is 11.1 Å². The lowest BCUT2D eigenvalue weighted by atomic mass is 10.1. The molecule has 0 saturated carbocycles. The van der Waals surface area contributed by atoms with Gasteiger partial charge >= 0.3 is 5.97 Å². The molecule has 0 rings (SSSR count). The minimum absolute atomic E-state index is 0.0144. The maximum absolute atomic E-state index is 11.0. The number of aliphatic carboxylic acids is 1. The highest BCUT2D eigenvalue weighted by molar-refractivity contribution is 5.80. The minimum Gasteiger partial charge on any atom is -0.480 e. The van der Waals surface area contributed by atoms with Crippen molar-refractivity contribution in [2.75, 3.05) is 0 Å². The Morgan fingerprint density at radius 2 is 2.14 bits per heavy atom. The first kappa shape index (κ1) is 12.6. The fraction of sp³-hybridized carbons (Fsp3) is 0.625. The molecular formula is C8H13N2O4. The quantitative estimate of drug-likeness (QED) is 0.499. The van der Waals surface area contributed by atoms with E-state index >= 15 is 0 Å². The van der Waals surface area contributed by atoms with E-state index < -0.39 is 24.0 Å². The molecule has 4 N–H and O–H groups in total. The van der Waals surface area contributed by atoms with E-state index in [2.05, 4.69) is 5.32 Å². The molecule has 0 aliphatic heterocycles. The standard InChI is InChI=1S/C8H13N2O4/c1-5(4-11)10-7(12)3-2-6(9)8(13)14/h5-6H,2-3,9H2,1H3,(H,10,12)(H,13,14)/t5-,6+/m1/s1. The Balaban J connectivity index is 3.74. The van der Waals surface area contributed by atoms with Crippen LogP contribution in [-0.4, -0.2) is 35.4 Å². The molecule has 79 valence electrons. The van der Waals surface area contributed by atoms with Crippen LogP contribution in [-0.2, 0) is 14.4 Å². The molecule has 0 aromatic carbocycles. The maximum Gasteiger partial charge on any atom is 0.320 e. The van der Waals surface area contributed by atoms with Gasteiger partial charge < -0.3 is 16.2 Å². The van der Waals surface area contributed by atoms with Gasteiger partial charge in [0.15, 0.2) is 0 Å². The van der Waals surface area contributed by atoms with Crippen LogP contribution >= 0.6 is 0 Å². The predicted molar refractivity (Wildman–Crippen MR) is 48.1 cm³/mol. The Bertz CT molecular complexity index is 229. The molecule has 14 heavy (non-hydrogen) atoms. The van der Waals surface area contributed by atoms with E-state index in [1.165, 1.54) is 6.92 Å². The molecule has 0 unspecified atom stereocenters. The second kappa shape index (κ2) is 6.09. The van der Waals surface area contributed by atoms with Gasteiger partial charge in [0.2, 0.25) is 12.2 Å². The van der Waals surface area contributed by atoms with Crippen molar-refractivity contribution in [2.24, 2.45) is 5.73 Å². The molecule has 0 heterocycles. The van der Waals surface area contributed by atoms with Gasteiger partial charge in [-0.25, -0.2) is 0 Å². The summed E-state index contributed by atoms with van der Waals surface area (Å²) in [5.74, 6) is -1.55. The molecular weight excluding hydrogens is 188 g/mol. The third kappa shape index (κ3) is 5.26. The largest absolute Gasteiger partial charge is 0.480 e. The van der Waals surface area contributed by atoms with Crippen molar-refractivity contribution in [3.8, 4) is 0 Å². The number of nitrogens with two attached hydrogens (primary N) is 1. The predicted octanol–water partition coefficient (Wildman–Crippen LogP) is -1.21. The van der Waals surface area contributed by atoms with Crippen molar-refractivity contribution in [1.82, 2.24) is 5.32 Å². The minimum atomic E-state index is -1.15. The number of amides is 1. The van der Waals surface area contributed by atoms with Crippen LogP contribution in [0, 0.1) is 0 Å². The van der Waals surface area contributed by atoms with Crippen molar-refractivity contribution >= 4 is 18.2 Å². The van der Waals surface area contributed by atoms with E-state index in [-0.39, 0.29) is 12.8 Å².